The van der Waals surface area contributed by atoms with Gasteiger partial charge in [0.15, 0.2) is 0 Å². The number of alkyl halides is 6. The molecule has 2 atom stereocenters. The Morgan fingerprint density at radius 3 is 2.15 bits per heavy atom. The first-order valence-electron chi connectivity index (χ1n) is 11.5. The topological polar surface area (TPSA) is 59.0 Å². The van der Waals surface area contributed by atoms with Crippen molar-refractivity contribution < 1.29 is 45.7 Å². The van der Waals surface area contributed by atoms with Crippen LogP contribution in [0.25, 0.3) is 11.1 Å². The summed E-state index contributed by atoms with van der Waals surface area (Å²) in [5.41, 5.74) is -1.01. The number of rotatable bonds is 5. The van der Waals surface area contributed by atoms with Crippen LogP contribution in [0.5, 0.6) is 11.5 Å². The number of ether oxygens (including phenoxy) is 2. The summed E-state index contributed by atoms with van der Waals surface area (Å²) in [6, 6.07) is 8.34. The molecule has 0 aromatic heterocycles. The lowest BCUT2D eigenvalue weighted by Gasteiger charge is -2.24. The number of aryl methyl sites for hydroxylation is 1. The van der Waals surface area contributed by atoms with E-state index in [2.05, 4.69) is 0 Å². The van der Waals surface area contributed by atoms with Gasteiger partial charge in [0.2, 0.25) is 0 Å². The van der Waals surface area contributed by atoms with Gasteiger partial charge >= 0.3 is 18.4 Å². The van der Waals surface area contributed by atoms with E-state index < -0.39 is 47.3 Å². The van der Waals surface area contributed by atoms with Gasteiger partial charge in [-0.25, -0.2) is 4.79 Å². The maximum atomic E-state index is 13.4. The van der Waals surface area contributed by atoms with Crippen LogP contribution in [0, 0.1) is 6.92 Å². The van der Waals surface area contributed by atoms with Crippen LogP contribution in [0.2, 0.25) is 5.02 Å². The van der Waals surface area contributed by atoms with Crippen LogP contribution in [0.4, 0.5) is 31.1 Å². The number of cyclic esters (lactones) is 1. The van der Waals surface area contributed by atoms with Crippen molar-refractivity contribution in [2.75, 3.05) is 7.11 Å². The van der Waals surface area contributed by atoms with E-state index in [4.69, 9.17) is 21.1 Å². The van der Waals surface area contributed by atoms with Crippen LogP contribution in [-0.2, 0) is 23.6 Å². The lowest BCUT2D eigenvalue weighted by Crippen LogP contribution is -2.31. The summed E-state index contributed by atoms with van der Waals surface area (Å²) in [7, 11) is 1.41. The predicted octanol–water partition coefficient (Wildman–Crippen LogP) is 8.15. The van der Waals surface area contributed by atoms with E-state index in [1.54, 1.807) is 25.1 Å². The molecule has 0 bridgehead atoms. The monoisotopic (exact) mass is 573 g/mol. The molecule has 3 aromatic carbocycles. The number of carbonyl (C=O) groups is 1. The van der Waals surface area contributed by atoms with Gasteiger partial charge in [-0.15, -0.1) is 0 Å². The highest BCUT2D eigenvalue weighted by Gasteiger charge is 2.43. The Morgan fingerprint density at radius 1 is 0.974 bits per heavy atom. The van der Waals surface area contributed by atoms with Crippen molar-refractivity contribution in [1.82, 2.24) is 4.90 Å². The Kier molecular flexibility index (Phi) is 7.41. The van der Waals surface area contributed by atoms with Gasteiger partial charge in [0.05, 0.1) is 35.8 Å². The van der Waals surface area contributed by atoms with Crippen molar-refractivity contribution in [1.29, 1.82) is 0 Å². The van der Waals surface area contributed by atoms with E-state index in [0.717, 1.165) is 5.56 Å². The molecular formula is C27H22ClF6NO4. The number of aromatic hydroxyl groups is 1. The van der Waals surface area contributed by atoms with E-state index in [9.17, 15) is 36.2 Å². The second kappa shape index (κ2) is 10.2. The summed E-state index contributed by atoms with van der Waals surface area (Å²) >= 11 is 6.01. The smallest absolute Gasteiger partial charge is 0.416 e. The van der Waals surface area contributed by atoms with Gasteiger partial charge in [-0.1, -0.05) is 35.4 Å². The van der Waals surface area contributed by atoms with Crippen molar-refractivity contribution >= 4 is 17.7 Å². The maximum Gasteiger partial charge on any atom is 0.416 e. The van der Waals surface area contributed by atoms with Crippen molar-refractivity contribution in [2.45, 2.75) is 44.9 Å². The third-order valence-corrected chi connectivity index (χ3v) is 6.79. The second-order valence-corrected chi connectivity index (χ2v) is 9.58. The summed E-state index contributed by atoms with van der Waals surface area (Å²) in [4.78, 5) is 14.1. The number of phenolic OH excluding ortho intramolecular Hbond substituents is 1. The summed E-state index contributed by atoms with van der Waals surface area (Å²) in [6.07, 6.45) is -12.4. The molecule has 39 heavy (non-hydrogen) atoms. The van der Waals surface area contributed by atoms with Crippen molar-refractivity contribution in [3.8, 4) is 22.6 Å². The summed E-state index contributed by atoms with van der Waals surface area (Å²) in [5.74, 6) is 0.125. The lowest BCUT2D eigenvalue weighted by atomic mass is 9.95. The van der Waals surface area contributed by atoms with E-state index in [-0.39, 0.29) is 23.4 Å². The normalized spacial score (nSPS) is 17.9. The zero-order valence-corrected chi connectivity index (χ0v) is 21.5. The minimum absolute atomic E-state index is 0.0245. The van der Waals surface area contributed by atoms with Gasteiger partial charge in [0.1, 0.15) is 17.6 Å². The van der Waals surface area contributed by atoms with Gasteiger partial charge in [-0.3, -0.25) is 4.90 Å². The fraction of sp³-hybridized carbons (Fsp3) is 0.296. The molecule has 0 aliphatic carbocycles. The van der Waals surface area contributed by atoms with Crippen molar-refractivity contribution in [3.63, 3.8) is 0 Å². The number of methoxy groups -OCH3 is 1. The number of halogens is 7. The average molecular weight is 574 g/mol. The van der Waals surface area contributed by atoms with Crippen LogP contribution < -0.4 is 4.74 Å². The predicted molar refractivity (Wildman–Crippen MR) is 131 cm³/mol. The molecule has 208 valence electrons. The molecule has 12 heteroatoms. The molecule has 0 saturated carbocycles. The van der Waals surface area contributed by atoms with Crippen LogP contribution in [0.1, 0.15) is 40.8 Å². The lowest BCUT2D eigenvalue weighted by molar-refractivity contribution is -0.143. The highest BCUT2D eigenvalue weighted by atomic mass is 35.5. The summed E-state index contributed by atoms with van der Waals surface area (Å²) in [5, 5.41) is 10.2. The molecule has 1 heterocycles. The molecule has 1 saturated heterocycles. The number of nitrogens with zero attached hydrogens (tertiary/aromatic N) is 1. The molecular weight excluding hydrogens is 552 g/mol. The zero-order chi connectivity index (χ0) is 28.9. The van der Waals surface area contributed by atoms with Gasteiger partial charge < -0.3 is 14.6 Å². The molecule has 1 amide bonds. The Balaban J connectivity index is 1.73. The first-order valence-corrected chi connectivity index (χ1v) is 11.9. The summed E-state index contributed by atoms with van der Waals surface area (Å²) in [6.45, 7) is 3.19. The molecule has 1 aliphatic heterocycles. The van der Waals surface area contributed by atoms with Crippen LogP contribution in [0.3, 0.4) is 0 Å². The van der Waals surface area contributed by atoms with Crippen LogP contribution in [0.15, 0.2) is 48.5 Å². The molecule has 1 fully saturated rings. The Bertz CT molecular complexity index is 1390. The van der Waals surface area contributed by atoms with Crippen LogP contribution >= 0.6 is 11.6 Å². The van der Waals surface area contributed by atoms with Gasteiger partial charge in [-0.2, -0.15) is 26.3 Å². The third-order valence-electron chi connectivity index (χ3n) is 6.49. The van der Waals surface area contributed by atoms with Crippen molar-refractivity contribution in [2.24, 2.45) is 0 Å². The van der Waals surface area contributed by atoms with E-state index in [1.807, 2.05) is 0 Å². The number of hydrogen-bond acceptors (Lipinski definition) is 4. The number of benzene rings is 3. The van der Waals surface area contributed by atoms with Crippen molar-refractivity contribution in [3.05, 3.63) is 81.4 Å². The zero-order valence-electron chi connectivity index (χ0n) is 20.7. The molecule has 1 N–H and O–H groups in total. The van der Waals surface area contributed by atoms with Crippen LogP contribution in [-0.4, -0.2) is 29.3 Å². The SMILES string of the molecule is COc1cc(Cl)c(O)cc1-c1ccc(C)cc1CN1C(=O)O[C@H](c2cc(C(F)(F)F)cc(C(F)(F)F)c2)[C@@H]1C. The third kappa shape index (κ3) is 5.73. The highest BCUT2D eigenvalue weighted by molar-refractivity contribution is 6.32. The molecule has 0 unspecified atom stereocenters. The molecule has 0 radical (unpaired) electrons. The van der Waals surface area contributed by atoms with Gasteiger partial charge in [0.25, 0.3) is 0 Å². The number of hydrogen-bond donors (Lipinski definition) is 1. The molecule has 5 nitrogen and oxygen atoms in total. The number of carbonyl (C=O) groups excluding carboxylic acids is 1. The first-order chi connectivity index (χ1) is 18.1. The van der Waals surface area contributed by atoms with E-state index in [1.165, 1.54) is 31.1 Å². The van der Waals surface area contributed by atoms with E-state index >= 15 is 0 Å². The minimum atomic E-state index is -5.04. The highest BCUT2D eigenvalue weighted by Crippen LogP contribution is 2.43. The number of amides is 1. The Morgan fingerprint density at radius 2 is 1.59 bits per heavy atom. The molecule has 4 rings (SSSR count). The quantitative estimate of drug-likeness (QED) is 0.313. The average Bonchev–Trinajstić information content (AvgIpc) is 3.12. The fourth-order valence-corrected chi connectivity index (χ4v) is 4.68. The summed E-state index contributed by atoms with van der Waals surface area (Å²) < 4.78 is 91.1. The second-order valence-electron chi connectivity index (χ2n) is 9.18. The minimum Gasteiger partial charge on any atom is -0.506 e. The van der Waals surface area contributed by atoms with Gasteiger partial charge in [-0.05, 0) is 54.8 Å². The Labute approximate surface area is 224 Å². The number of phenols is 1. The van der Waals surface area contributed by atoms with Gasteiger partial charge in [0, 0.05) is 11.6 Å². The molecule has 1 aliphatic rings. The fourth-order valence-electron chi connectivity index (χ4n) is 4.53. The van der Waals surface area contributed by atoms with E-state index in [0.29, 0.717) is 34.6 Å². The largest absolute Gasteiger partial charge is 0.506 e. The standard InChI is InChI=1S/C27H22ClF6NO4/c1-13-4-5-19(20-10-22(36)21(28)11-23(20)38-3)16(6-13)12-35-14(2)24(39-25(35)37)15-7-17(26(29,30)31)9-18(8-15)27(32,33)34/h4-11,14,24,36H,12H2,1-3H3/t14-,24-/m0/s1. The molecule has 3 aromatic rings. The first kappa shape index (κ1) is 28.4. The molecule has 0 spiro atoms. The maximum absolute atomic E-state index is 13.4. The Hall–Kier alpha value is -3.60.